The predicted octanol–water partition coefficient (Wildman–Crippen LogP) is 11.7. The fourth-order valence-electron chi connectivity index (χ4n) is 7.14. The zero-order valence-electron chi connectivity index (χ0n) is 27.4. The summed E-state index contributed by atoms with van der Waals surface area (Å²) in [5.74, 6) is 2.39. The highest BCUT2D eigenvalue weighted by Gasteiger charge is 2.20. The highest BCUT2D eigenvalue weighted by molar-refractivity contribution is 6.13. The Hall–Kier alpha value is -6.01. The van der Waals surface area contributed by atoms with Gasteiger partial charge in [-0.15, -0.1) is 0 Å². The van der Waals surface area contributed by atoms with E-state index in [1.165, 1.54) is 11.6 Å². The number of pyridine rings is 2. The second kappa shape index (κ2) is 11.3. The first-order valence-corrected chi connectivity index (χ1v) is 16.6. The van der Waals surface area contributed by atoms with Crippen LogP contribution in [-0.2, 0) is 6.42 Å². The number of halogens is 1. The average molecular weight is 642 g/mol. The van der Waals surface area contributed by atoms with E-state index < -0.39 is 0 Å². The minimum absolute atomic E-state index is 0.304. The van der Waals surface area contributed by atoms with Crippen LogP contribution in [-0.4, -0.2) is 14.5 Å². The van der Waals surface area contributed by atoms with E-state index in [0.29, 0.717) is 34.1 Å². The van der Waals surface area contributed by atoms with E-state index >= 15 is 0 Å². The topological polar surface area (TPSA) is 53.1 Å². The minimum Gasteiger partial charge on any atom is -0.457 e. The van der Waals surface area contributed by atoms with Crippen LogP contribution < -0.4 is 4.74 Å². The highest BCUT2D eigenvalue weighted by atomic mass is 19.1. The first-order valence-electron chi connectivity index (χ1n) is 16.6. The number of hydrogen-bond donors (Lipinski definition) is 0. The number of hydrogen-bond acceptors (Lipinski definition) is 4. The molecular formula is C43H32FN3O2. The van der Waals surface area contributed by atoms with E-state index in [9.17, 15) is 4.39 Å². The lowest BCUT2D eigenvalue weighted by Gasteiger charge is -2.12. The van der Waals surface area contributed by atoms with Crippen LogP contribution in [0.5, 0.6) is 11.5 Å². The third-order valence-corrected chi connectivity index (χ3v) is 9.31. The van der Waals surface area contributed by atoms with Crippen molar-refractivity contribution in [2.75, 3.05) is 0 Å². The summed E-state index contributed by atoms with van der Waals surface area (Å²) in [6, 6.07) is 36.3. The summed E-state index contributed by atoms with van der Waals surface area (Å²) < 4.78 is 30.1. The summed E-state index contributed by atoms with van der Waals surface area (Å²) in [5.41, 5.74) is 6.60. The Labute approximate surface area is 282 Å². The minimum atomic E-state index is -0.304. The zero-order chi connectivity index (χ0) is 33.2. The maximum absolute atomic E-state index is 14.8. The Morgan fingerprint density at radius 3 is 2.41 bits per heavy atom. The van der Waals surface area contributed by atoms with Crippen LogP contribution in [0, 0.1) is 18.7 Å². The van der Waals surface area contributed by atoms with Gasteiger partial charge >= 0.3 is 0 Å². The standard InChI is InChI=1S/C43H32FN3O2/c1-25(2)18-27-11-13-31-28(20-27)15-17-46-42(31)36-22-30(21-35-34-19-26(3)37(44)24-40(34)49-43(35)36)48-29-12-14-33-32-8-4-5-9-38(32)47(39(33)23-29)41-10-6-7-16-45-41/h4-17,19-25H,18H2,1-3H3. The van der Waals surface area contributed by atoms with Crippen LogP contribution in [0.3, 0.4) is 0 Å². The van der Waals surface area contributed by atoms with Crippen molar-refractivity contribution < 1.29 is 13.5 Å². The summed E-state index contributed by atoms with van der Waals surface area (Å²) in [6.07, 6.45) is 4.65. The van der Waals surface area contributed by atoms with Crippen molar-refractivity contribution in [1.29, 1.82) is 0 Å². The van der Waals surface area contributed by atoms with Crippen molar-refractivity contribution in [3.8, 4) is 28.6 Å². The predicted molar refractivity (Wildman–Crippen MR) is 196 cm³/mol. The fourth-order valence-corrected chi connectivity index (χ4v) is 7.14. The molecule has 0 atom stereocenters. The van der Waals surface area contributed by atoms with E-state index in [1.54, 1.807) is 6.92 Å². The molecule has 0 spiro atoms. The summed E-state index contributed by atoms with van der Waals surface area (Å²) in [5, 5.41) is 6.03. The van der Waals surface area contributed by atoms with E-state index in [0.717, 1.165) is 66.8 Å². The Kier molecular flexibility index (Phi) is 6.73. The van der Waals surface area contributed by atoms with Crippen molar-refractivity contribution in [1.82, 2.24) is 14.5 Å². The van der Waals surface area contributed by atoms with Gasteiger partial charge in [0.25, 0.3) is 0 Å². The number of para-hydroxylation sites is 1. The summed E-state index contributed by atoms with van der Waals surface area (Å²) in [7, 11) is 0. The van der Waals surface area contributed by atoms with Crippen molar-refractivity contribution in [3.05, 3.63) is 139 Å². The lowest BCUT2D eigenvalue weighted by Crippen LogP contribution is -1.96. The molecule has 6 heteroatoms. The number of aryl methyl sites for hydroxylation is 1. The van der Waals surface area contributed by atoms with E-state index in [1.807, 2.05) is 67.0 Å². The van der Waals surface area contributed by atoms with Gasteiger partial charge in [0.1, 0.15) is 34.3 Å². The Balaban J connectivity index is 1.24. The summed E-state index contributed by atoms with van der Waals surface area (Å²) >= 11 is 0. The van der Waals surface area contributed by atoms with E-state index in [2.05, 4.69) is 71.9 Å². The molecule has 0 amide bonds. The number of ether oxygens (including phenoxy) is 1. The van der Waals surface area contributed by atoms with Gasteiger partial charge in [-0.2, -0.15) is 0 Å². The molecule has 0 aliphatic heterocycles. The largest absolute Gasteiger partial charge is 0.457 e. The molecule has 0 saturated heterocycles. The van der Waals surface area contributed by atoms with Gasteiger partial charge in [-0.3, -0.25) is 9.55 Å². The molecule has 9 aromatic rings. The van der Waals surface area contributed by atoms with Crippen LogP contribution in [0.4, 0.5) is 4.39 Å². The lowest BCUT2D eigenvalue weighted by atomic mass is 9.97. The molecule has 9 rings (SSSR count). The number of nitrogens with zero attached hydrogens (tertiary/aromatic N) is 3. The SMILES string of the molecule is Cc1cc2c(cc1F)oc1c(-c3nccc4cc(CC(C)C)ccc34)cc(Oc3ccc4c5ccccc5n(-c5ccccn5)c4c3)cc12. The Bertz CT molecular complexity index is 2730. The maximum Gasteiger partial charge on any atom is 0.145 e. The number of benzene rings is 5. The molecule has 49 heavy (non-hydrogen) atoms. The molecule has 5 nitrogen and oxygen atoms in total. The summed E-state index contributed by atoms with van der Waals surface area (Å²) in [4.78, 5) is 9.55. The fraction of sp³-hybridized carbons (Fsp3) is 0.116. The smallest absolute Gasteiger partial charge is 0.145 e. The first kappa shape index (κ1) is 29.2. The monoisotopic (exact) mass is 641 g/mol. The molecule has 0 bridgehead atoms. The third kappa shape index (κ3) is 4.91. The van der Waals surface area contributed by atoms with Gasteiger partial charge in [0.05, 0.1) is 16.7 Å². The second-order valence-corrected chi connectivity index (χ2v) is 13.2. The van der Waals surface area contributed by atoms with Crippen molar-refractivity contribution in [2.45, 2.75) is 27.2 Å². The highest BCUT2D eigenvalue weighted by Crippen LogP contribution is 2.43. The van der Waals surface area contributed by atoms with Crippen molar-refractivity contribution in [3.63, 3.8) is 0 Å². The van der Waals surface area contributed by atoms with Crippen LogP contribution in [0.25, 0.3) is 71.6 Å². The second-order valence-electron chi connectivity index (χ2n) is 13.2. The molecule has 238 valence electrons. The average Bonchev–Trinajstić information content (AvgIpc) is 3.62. The van der Waals surface area contributed by atoms with Gasteiger partial charge in [0.15, 0.2) is 0 Å². The Morgan fingerprint density at radius 2 is 1.55 bits per heavy atom. The van der Waals surface area contributed by atoms with Gasteiger partial charge in [0.2, 0.25) is 0 Å². The molecule has 4 heterocycles. The number of aromatic nitrogens is 3. The molecule has 0 radical (unpaired) electrons. The van der Waals surface area contributed by atoms with Crippen molar-refractivity contribution in [2.24, 2.45) is 5.92 Å². The van der Waals surface area contributed by atoms with Gasteiger partial charge in [-0.1, -0.05) is 56.3 Å². The molecule has 0 fully saturated rings. The Morgan fingerprint density at radius 1 is 0.714 bits per heavy atom. The van der Waals surface area contributed by atoms with Crippen LogP contribution in [0.1, 0.15) is 25.0 Å². The molecule has 0 aliphatic carbocycles. The first-order chi connectivity index (χ1) is 23.9. The number of furan rings is 1. The molecular weight excluding hydrogens is 609 g/mol. The van der Waals surface area contributed by atoms with Gasteiger partial charge < -0.3 is 9.15 Å². The van der Waals surface area contributed by atoms with Gasteiger partial charge in [0, 0.05) is 57.0 Å². The zero-order valence-corrected chi connectivity index (χ0v) is 27.4. The number of fused-ring (bicyclic) bond motifs is 7. The molecule has 0 unspecified atom stereocenters. The molecule has 5 aromatic carbocycles. The normalized spacial score (nSPS) is 11.9. The number of rotatable bonds is 6. The third-order valence-electron chi connectivity index (χ3n) is 9.31. The van der Waals surface area contributed by atoms with Gasteiger partial charge in [-0.25, -0.2) is 9.37 Å². The molecule has 4 aromatic heterocycles. The van der Waals surface area contributed by atoms with E-state index in [4.69, 9.17) is 14.1 Å². The van der Waals surface area contributed by atoms with Crippen LogP contribution in [0.2, 0.25) is 0 Å². The van der Waals surface area contributed by atoms with Crippen LogP contribution >= 0.6 is 0 Å². The quantitative estimate of drug-likeness (QED) is 0.181. The van der Waals surface area contributed by atoms with Crippen LogP contribution in [0.15, 0.2) is 126 Å². The molecule has 0 aliphatic rings. The summed E-state index contributed by atoms with van der Waals surface area (Å²) in [6.45, 7) is 6.23. The van der Waals surface area contributed by atoms with Gasteiger partial charge in [-0.05, 0) is 90.4 Å². The lowest BCUT2D eigenvalue weighted by molar-refractivity contribution is 0.484. The molecule has 0 saturated carbocycles. The van der Waals surface area contributed by atoms with E-state index in [-0.39, 0.29) is 5.82 Å². The molecule has 0 N–H and O–H groups in total. The van der Waals surface area contributed by atoms with Crippen molar-refractivity contribution >= 4 is 54.5 Å². The maximum atomic E-state index is 14.8.